The Bertz CT molecular complexity index is 1130. The highest BCUT2D eigenvalue weighted by Gasteiger charge is 2.30. The summed E-state index contributed by atoms with van der Waals surface area (Å²) >= 11 is 3.10. The number of carbonyl (C=O) groups excluding carboxylic acids is 1. The first-order valence-electron chi connectivity index (χ1n) is 8.91. The molecule has 1 heterocycles. The molecule has 12 heteroatoms. The van der Waals surface area contributed by atoms with Crippen molar-refractivity contribution < 1.29 is 41.0 Å². The van der Waals surface area contributed by atoms with Gasteiger partial charge in [-0.15, -0.1) is 0 Å². The quantitative estimate of drug-likeness (QED) is 0.427. The number of aliphatic hydroxyl groups excluding tert-OH is 1. The van der Waals surface area contributed by atoms with Gasteiger partial charge in [0.15, 0.2) is 16.2 Å². The van der Waals surface area contributed by atoms with Gasteiger partial charge in [0.2, 0.25) is 5.89 Å². The van der Waals surface area contributed by atoms with E-state index in [1.54, 1.807) is 0 Å². The molecule has 0 saturated carbocycles. The molecule has 0 aliphatic heterocycles. The molecule has 0 aliphatic rings. The van der Waals surface area contributed by atoms with E-state index in [0.29, 0.717) is 5.56 Å². The Morgan fingerprint density at radius 3 is 2.44 bits per heavy atom. The summed E-state index contributed by atoms with van der Waals surface area (Å²) in [5.74, 6) is -4.30. The lowest BCUT2D eigenvalue weighted by molar-refractivity contribution is -0.137. The highest BCUT2D eigenvalue weighted by molar-refractivity contribution is 9.10. The van der Waals surface area contributed by atoms with Crippen LogP contribution in [0.5, 0.6) is 5.75 Å². The van der Waals surface area contributed by atoms with E-state index in [4.69, 9.17) is 14.9 Å². The Morgan fingerprint density at radius 1 is 1.19 bits per heavy atom. The van der Waals surface area contributed by atoms with Crippen molar-refractivity contribution in [3.05, 3.63) is 69.7 Å². The van der Waals surface area contributed by atoms with Gasteiger partial charge in [-0.25, -0.2) is 13.8 Å². The number of hydrogen-bond acceptors (Lipinski definition) is 5. The number of ether oxygens (including phenoxy) is 1. The van der Waals surface area contributed by atoms with Crippen LogP contribution in [0, 0.1) is 11.6 Å². The second kappa shape index (κ2) is 9.25. The maximum Gasteiger partial charge on any atom is 0.416 e. The van der Waals surface area contributed by atoms with Crippen LogP contribution in [0.25, 0.3) is 11.3 Å². The van der Waals surface area contributed by atoms with Gasteiger partial charge in [0.25, 0.3) is 5.91 Å². The molecule has 3 N–H and O–H groups in total. The number of aromatic nitrogens is 1. The van der Waals surface area contributed by atoms with Crippen LogP contribution >= 0.6 is 15.9 Å². The van der Waals surface area contributed by atoms with Crippen molar-refractivity contribution in [3.63, 3.8) is 0 Å². The van der Waals surface area contributed by atoms with Crippen molar-refractivity contribution in [3.8, 4) is 17.0 Å². The number of alkyl halides is 3. The minimum absolute atomic E-state index is 0.0860. The fourth-order valence-corrected chi connectivity index (χ4v) is 3.21. The van der Waals surface area contributed by atoms with E-state index in [2.05, 4.69) is 20.9 Å². The SMILES string of the molecule is NC(=O)c1c(F)ccc(OCCC(O)c2nc(-c3ccc(C(F)(F)F)cc3)c(Br)o2)c1F. The largest absolute Gasteiger partial charge is 0.490 e. The summed E-state index contributed by atoms with van der Waals surface area (Å²) in [6, 6.07) is 5.97. The van der Waals surface area contributed by atoms with E-state index in [1.807, 2.05) is 0 Å². The van der Waals surface area contributed by atoms with Gasteiger partial charge in [-0.1, -0.05) is 12.1 Å². The summed E-state index contributed by atoms with van der Waals surface area (Å²) < 4.78 is 76.3. The molecule has 0 radical (unpaired) electrons. The monoisotopic (exact) mass is 520 g/mol. The van der Waals surface area contributed by atoms with E-state index >= 15 is 0 Å². The lowest BCUT2D eigenvalue weighted by atomic mass is 10.1. The first-order valence-corrected chi connectivity index (χ1v) is 9.71. The third-order valence-electron chi connectivity index (χ3n) is 4.32. The number of nitrogens with two attached hydrogens (primary N) is 1. The van der Waals surface area contributed by atoms with Crippen LogP contribution in [0.2, 0.25) is 0 Å². The van der Waals surface area contributed by atoms with Gasteiger partial charge in [-0.3, -0.25) is 4.79 Å². The Kier molecular flexibility index (Phi) is 6.84. The Balaban J connectivity index is 1.68. The van der Waals surface area contributed by atoms with Gasteiger partial charge in [-0.2, -0.15) is 13.2 Å². The molecule has 1 aromatic heterocycles. The lowest BCUT2D eigenvalue weighted by Crippen LogP contribution is -2.16. The zero-order valence-electron chi connectivity index (χ0n) is 15.9. The third-order valence-corrected chi connectivity index (χ3v) is 4.86. The zero-order chi connectivity index (χ0) is 23.6. The number of rotatable bonds is 7. The Labute approximate surface area is 185 Å². The first-order chi connectivity index (χ1) is 15.0. The predicted octanol–water partition coefficient (Wildman–Crippen LogP) is 5.00. The summed E-state index contributed by atoms with van der Waals surface area (Å²) in [5, 5.41) is 10.3. The molecule has 3 rings (SSSR count). The van der Waals surface area contributed by atoms with Crippen molar-refractivity contribution in [1.29, 1.82) is 0 Å². The summed E-state index contributed by atoms with van der Waals surface area (Å²) in [6.07, 6.45) is -5.93. The number of halogens is 6. The van der Waals surface area contributed by atoms with Crippen LogP contribution in [0.3, 0.4) is 0 Å². The van der Waals surface area contributed by atoms with Gasteiger partial charge >= 0.3 is 6.18 Å². The topological polar surface area (TPSA) is 98.6 Å². The molecular weight excluding hydrogens is 507 g/mol. The van der Waals surface area contributed by atoms with Gasteiger partial charge in [-0.05, 0) is 40.2 Å². The molecule has 1 unspecified atom stereocenters. The van der Waals surface area contributed by atoms with Crippen molar-refractivity contribution in [2.24, 2.45) is 5.73 Å². The number of oxazole rings is 1. The lowest BCUT2D eigenvalue weighted by Gasteiger charge is -2.11. The van der Waals surface area contributed by atoms with Gasteiger partial charge in [0, 0.05) is 12.0 Å². The maximum atomic E-state index is 14.1. The van der Waals surface area contributed by atoms with Crippen LogP contribution in [-0.2, 0) is 6.18 Å². The minimum Gasteiger partial charge on any atom is -0.490 e. The number of primary amides is 1. The van der Waals surface area contributed by atoms with Crippen LogP contribution in [-0.4, -0.2) is 22.6 Å². The van der Waals surface area contributed by atoms with Crippen molar-refractivity contribution >= 4 is 21.8 Å². The highest BCUT2D eigenvalue weighted by atomic mass is 79.9. The highest BCUT2D eigenvalue weighted by Crippen LogP contribution is 2.34. The number of aliphatic hydroxyl groups is 1. The standard InChI is InChI=1S/C20H14BrF5N2O4/c21-17-16(9-1-3-10(4-2-9)20(24,25)26)28-19(32-17)12(29)7-8-31-13-6-5-11(22)14(15(13)23)18(27)30/h1-6,12,29H,7-8H2,(H2,27,30). The molecule has 2 aromatic carbocycles. The molecule has 0 spiro atoms. The number of benzene rings is 2. The number of hydrogen-bond donors (Lipinski definition) is 2. The molecule has 32 heavy (non-hydrogen) atoms. The van der Waals surface area contributed by atoms with Crippen LogP contribution in [0.1, 0.15) is 34.3 Å². The summed E-state index contributed by atoms with van der Waals surface area (Å²) in [4.78, 5) is 15.2. The van der Waals surface area contributed by atoms with Crippen molar-refractivity contribution in [1.82, 2.24) is 4.98 Å². The summed E-state index contributed by atoms with van der Waals surface area (Å²) in [6.45, 7) is -0.266. The average Bonchev–Trinajstić information content (AvgIpc) is 3.10. The molecule has 170 valence electrons. The predicted molar refractivity (Wildman–Crippen MR) is 105 cm³/mol. The van der Waals surface area contributed by atoms with E-state index in [9.17, 15) is 31.9 Å². The first kappa shape index (κ1) is 23.7. The van der Waals surface area contributed by atoms with Crippen molar-refractivity contribution in [2.75, 3.05) is 6.61 Å². The molecule has 6 nitrogen and oxygen atoms in total. The second-order valence-corrected chi connectivity index (χ2v) is 7.22. The molecule has 1 amide bonds. The zero-order valence-corrected chi connectivity index (χ0v) is 17.5. The van der Waals surface area contributed by atoms with Crippen LogP contribution in [0.15, 0.2) is 45.5 Å². The summed E-state index contributed by atoms with van der Waals surface area (Å²) in [7, 11) is 0. The van der Waals surface area contributed by atoms with Gasteiger partial charge in [0.1, 0.15) is 23.2 Å². The third kappa shape index (κ3) is 5.07. The van der Waals surface area contributed by atoms with E-state index in [0.717, 1.165) is 24.3 Å². The van der Waals surface area contributed by atoms with E-state index in [1.165, 1.54) is 12.1 Å². The maximum absolute atomic E-state index is 14.1. The summed E-state index contributed by atoms with van der Waals surface area (Å²) in [5.41, 5.74) is 3.65. The molecular formula is C20H14BrF5N2O4. The van der Waals surface area contributed by atoms with E-state index in [-0.39, 0.29) is 29.3 Å². The molecule has 1 atom stereocenters. The molecule has 0 bridgehead atoms. The molecule has 0 fully saturated rings. The molecule has 0 aliphatic carbocycles. The number of carbonyl (C=O) groups is 1. The van der Waals surface area contributed by atoms with Crippen molar-refractivity contribution in [2.45, 2.75) is 18.7 Å². The number of amides is 1. The van der Waals surface area contributed by atoms with Gasteiger partial charge < -0.3 is 20.0 Å². The number of nitrogens with zero attached hydrogens (tertiary/aromatic N) is 1. The Hall–Kier alpha value is -2.99. The normalized spacial score (nSPS) is 12.6. The van der Waals surface area contributed by atoms with Crippen LogP contribution in [0.4, 0.5) is 22.0 Å². The average molecular weight is 521 g/mol. The smallest absolute Gasteiger partial charge is 0.416 e. The van der Waals surface area contributed by atoms with E-state index < -0.39 is 46.7 Å². The molecule has 0 saturated heterocycles. The minimum atomic E-state index is -4.48. The molecule has 3 aromatic rings. The van der Waals surface area contributed by atoms with Gasteiger partial charge in [0.05, 0.1) is 12.2 Å². The second-order valence-electron chi connectivity index (χ2n) is 6.50. The fraction of sp³-hybridized carbons (Fsp3) is 0.200. The van der Waals surface area contributed by atoms with Crippen LogP contribution < -0.4 is 10.5 Å². The fourth-order valence-electron chi connectivity index (χ4n) is 2.73. The Morgan fingerprint density at radius 2 is 1.84 bits per heavy atom.